The molecule has 0 aromatic heterocycles. The summed E-state index contributed by atoms with van der Waals surface area (Å²) in [6.07, 6.45) is 2.91. The summed E-state index contributed by atoms with van der Waals surface area (Å²) < 4.78 is 37.2. The van der Waals surface area contributed by atoms with Crippen molar-refractivity contribution >= 4 is 13.8 Å². The Bertz CT molecular complexity index is 416. The van der Waals surface area contributed by atoms with Crippen molar-refractivity contribution in [2.45, 2.75) is 52.7 Å². The molecule has 1 unspecified atom stereocenters. The quantitative estimate of drug-likeness (QED) is 0.143. The van der Waals surface area contributed by atoms with Crippen molar-refractivity contribution in [3.8, 4) is 0 Å². The van der Waals surface area contributed by atoms with Crippen molar-refractivity contribution in [3.63, 3.8) is 0 Å². The summed E-state index contributed by atoms with van der Waals surface area (Å²) >= 11 is 0. The van der Waals surface area contributed by atoms with E-state index < -0.39 is 20.1 Å². The van der Waals surface area contributed by atoms with Crippen molar-refractivity contribution in [3.05, 3.63) is 12.2 Å². The molecule has 9 heteroatoms. The van der Waals surface area contributed by atoms with Gasteiger partial charge in [0.1, 0.15) is 13.2 Å². The molecule has 0 spiro atoms. The largest absolute Gasteiger partial charge is 0.472 e. The average molecular weight is 382 g/mol. The molecule has 0 rings (SSSR count). The van der Waals surface area contributed by atoms with E-state index in [1.165, 1.54) is 6.92 Å². The van der Waals surface area contributed by atoms with Crippen molar-refractivity contribution in [2.24, 2.45) is 0 Å². The van der Waals surface area contributed by atoms with Gasteiger partial charge in [0.05, 0.1) is 6.61 Å². The predicted molar refractivity (Wildman–Crippen MR) is 93.0 cm³/mol. The molecule has 148 valence electrons. The van der Waals surface area contributed by atoms with Crippen LogP contribution in [0.1, 0.15) is 46.5 Å². The van der Waals surface area contributed by atoms with Crippen LogP contribution in [0.5, 0.6) is 0 Å². The molecule has 8 nitrogen and oxygen atoms in total. The van der Waals surface area contributed by atoms with E-state index in [2.05, 4.69) is 6.58 Å². The first-order valence-electron chi connectivity index (χ1n) is 8.50. The summed E-state index contributed by atoms with van der Waals surface area (Å²) in [5, 5.41) is 0. The molecule has 0 fully saturated rings. The van der Waals surface area contributed by atoms with E-state index in [9.17, 15) is 14.3 Å². The van der Waals surface area contributed by atoms with Gasteiger partial charge < -0.3 is 19.1 Å². The van der Waals surface area contributed by atoms with Gasteiger partial charge >= 0.3 is 13.8 Å². The average Bonchev–Trinajstić information content (AvgIpc) is 2.56. The highest BCUT2D eigenvalue weighted by Crippen LogP contribution is 2.43. The summed E-state index contributed by atoms with van der Waals surface area (Å²) in [4.78, 5) is 20.8. The Morgan fingerprint density at radius 1 is 1.04 bits per heavy atom. The molecule has 25 heavy (non-hydrogen) atoms. The van der Waals surface area contributed by atoms with E-state index in [0.717, 1.165) is 25.7 Å². The second-order valence-corrected chi connectivity index (χ2v) is 6.85. The van der Waals surface area contributed by atoms with Crippen LogP contribution in [0, 0.1) is 0 Å². The topological polar surface area (TPSA) is 101 Å². The minimum absolute atomic E-state index is 0.178. The lowest BCUT2D eigenvalue weighted by molar-refractivity contribution is -0.162. The number of hydrogen-bond donors (Lipinski definition) is 1. The Hall–Kier alpha value is -0.760. The van der Waals surface area contributed by atoms with Gasteiger partial charge in [0.2, 0.25) is 0 Å². The molecule has 0 amide bonds. The molecular weight excluding hydrogens is 351 g/mol. The molecule has 0 radical (unpaired) electrons. The molecule has 0 saturated heterocycles. The van der Waals surface area contributed by atoms with Gasteiger partial charge in [-0.1, -0.05) is 33.3 Å². The Morgan fingerprint density at radius 2 is 1.60 bits per heavy atom. The van der Waals surface area contributed by atoms with Crippen LogP contribution in [0.25, 0.3) is 0 Å². The number of hydrogen-bond acceptors (Lipinski definition) is 7. The lowest BCUT2D eigenvalue weighted by atomic mass is 10.3. The maximum Gasteiger partial charge on any atom is 0.472 e. The molecule has 0 aliphatic heterocycles. The van der Waals surface area contributed by atoms with Gasteiger partial charge in [0.25, 0.3) is 0 Å². The SMILES string of the molecule is C=C(C)C(=O)OCCOP(=O)(O)OCC(OCCCC)OCCCC. The standard InChI is InChI=1S/C16H31O8P/c1-5-7-9-20-15(21-10-8-6-2)13-24-25(18,19)23-12-11-22-16(17)14(3)4/h15H,3,5-13H2,1-2,4H3,(H,18,19). The zero-order chi connectivity index (χ0) is 19.1. The molecular formula is C16H31O8P. The van der Waals surface area contributed by atoms with E-state index in [1.54, 1.807) is 0 Å². The highest BCUT2D eigenvalue weighted by molar-refractivity contribution is 7.47. The Kier molecular flexibility index (Phi) is 14.0. The van der Waals surface area contributed by atoms with Crippen LogP contribution < -0.4 is 0 Å². The molecule has 0 bridgehead atoms. The van der Waals surface area contributed by atoms with Crippen LogP contribution in [0.4, 0.5) is 0 Å². The summed E-state index contributed by atoms with van der Waals surface area (Å²) in [5.41, 5.74) is 0.236. The minimum atomic E-state index is -4.28. The molecule has 0 aliphatic rings. The van der Waals surface area contributed by atoms with Crippen LogP contribution in [-0.2, 0) is 32.6 Å². The molecule has 1 N–H and O–H groups in total. The number of carbonyl (C=O) groups excluding carboxylic acids is 1. The molecule has 0 aliphatic carbocycles. The second kappa shape index (κ2) is 14.4. The van der Waals surface area contributed by atoms with E-state index in [4.69, 9.17) is 23.3 Å². The first-order valence-corrected chi connectivity index (χ1v) is 9.99. The van der Waals surface area contributed by atoms with Crippen LogP contribution >= 0.6 is 7.82 Å². The first-order chi connectivity index (χ1) is 11.8. The maximum atomic E-state index is 11.8. The van der Waals surface area contributed by atoms with Crippen LogP contribution in [0.3, 0.4) is 0 Å². The number of unbranched alkanes of at least 4 members (excludes halogenated alkanes) is 2. The first kappa shape index (κ1) is 24.2. The lowest BCUT2D eigenvalue weighted by Crippen LogP contribution is -2.24. The fourth-order valence-corrected chi connectivity index (χ4v) is 2.15. The molecule has 1 atom stereocenters. The van der Waals surface area contributed by atoms with Crippen LogP contribution in [0.2, 0.25) is 0 Å². The monoisotopic (exact) mass is 382 g/mol. The highest BCUT2D eigenvalue weighted by atomic mass is 31.2. The number of phosphoric acid groups is 1. The van der Waals surface area contributed by atoms with Gasteiger partial charge in [-0.25, -0.2) is 9.36 Å². The van der Waals surface area contributed by atoms with Crippen molar-refractivity contribution in [1.82, 2.24) is 0 Å². The van der Waals surface area contributed by atoms with Crippen LogP contribution in [0.15, 0.2) is 12.2 Å². The van der Waals surface area contributed by atoms with Crippen molar-refractivity contribution in [1.29, 1.82) is 0 Å². The Labute approximate surface area is 150 Å². The van der Waals surface area contributed by atoms with Crippen molar-refractivity contribution in [2.75, 3.05) is 33.0 Å². The summed E-state index contributed by atoms with van der Waals surface area (Å²) in [6, 6.07) is 0. The number of phosphoric ester groups is 1. The van der Waals surface area contributed by atoms with Gasteiger partial charge in [-0.3, -0.25) is 9.05 Å². The molecule has 0 saturated carbocycles. The number of esters is 1. The fraction of sp³-hybridized carbons (Fsp3) is 0.812. The van der Waals surface area contributed by atoms with E-state index in [-0.39, 0.29) is 25.4 Å². The van der Waals surface area contributed by atoms with Gasteiger partial charge in [-0.05, 0) is 19.8 Å². The molecule has 0 heterocycles. The summed E-state index contributed by atoms with van der Waals surface area (Å²) in [7, 11) is -4.28. The van der Waals surface area contributed by atoms with E-state index in [0.29, 0.717) is 13.2 Å². The zero-order valence-corrected chi connectivity index (χ0v) is 16.3. The van der Waals surface area contributed by atoms with Gasteiger partial charge in [-0.2, -0.15) is 0 Å². The van der Waals surface area contributed by atoms with Gasteiger partial charge in [0.15, 0.2) is 6.29 Å². The third-order valence-corrected chi connectivity index (χ3v) is 3.88. The third-order valence-electron chi connectivity index (χ3n) is 2.90. The third kappa shape index (κ3) is 14.1. The Balaban J connectivity index is 4.16. The van der Waals surface area contributed by atoms with E-state index >= 15 is 0 Å². The number of ether oxygens (including phenoxy) is 3. The highest BCUT2D eigenvalue weighted by Gasteiger charge is 2.24. The summed E-state index contributed by atoms with van der Waals surface area (Å²) in [6.45, 7) is 9.26. The number of carbonyl (C=O) groups is 1. The fourth-order valence-electron chi connectivity index (χ4n) is 1.47. The maximum absolute atomic E-state index is 11.8. The van der Waals surface area contributed by atoms with Crippen molar-refractivity contribution < 1.29 is 37.5 Å². The Morgan fingerprint density at radius 3 is 2.08 bits per heavy atom. The lowest BCUT2D eigenvalue weighted by Gasteiger charge is -2.20. The zero-order valence-electron chi connectivity index (χ0n) is 15.4. The van der Waals surface area contributed by atoms with E-state index in [1.807, 2.05) is 13.8 Å². The summed E-state index contributed by atoms with van der Waals surface area (Å²) in [5.74, 6) is -0.592. The smallest absolute Gasteiger partial charge is 0.460 e. The molecule has 0 aromatic carbocycles. The second-order valence-electron chi connectivity index (χ2n) is 5.39. The van der Waals surface area contributed by atoms with Crippen LogP contribution in [-0.4, -0.2) is 50.2 Å². The van der Waals surface area contributed by atoms with Gasteiger partial charge in [0, 0.05) is 18.8 Å². The molecule has 0 aromatic rings. The predicted octanol–water partition coefficient (Wildman–Crippen LogP) is 3.20. The number of rotatable bonds is 16. The van der Waals surface area contributed by atoms with Gasteiger partial charge in [-0.15, -0.1) is 0 Å². The minimum Gasteiger partial charge on any atom is -0.460 e. The normalized spacial score (nSPS) is 13.6.